The van der Waals surface area contributed by atoms with Gasteiger partial charge in [-0.05, 0) is 19.1 Å². The van der Waals surface area contributed by atoms with Crippen molar-refractivity contribution in [2.24, 2.45) is 0 Å². The van der Waals surface area contributed by atoms with Crippen LogP contribution in [0.1, 0.15) is 5.82 Å². The van der Waals surface area contributed by atoms with Crippen molar-refractivity contribution >= 4 is 22.5 Å². The fourth-order valence-corrected chi connectivity index (χ4v) is 2.12. The summed E-state index contributed by atoms with van der Waals surface area (Å²) in [6.45, 7) is 1.93. The predicted molar refractivity (Wildman–Crippen MR) is 72.4 cm³/mol. The summed E-state index contributed by atoms with van der Waals surface area (Å²) in [5, 5.41) is 0. The Morgan fingerprint density at radius 3 is 2.56 bits per heavy atom. The van der Waals surface area contributed by atoms with Gasteiger partial charge in [0.15, 0.2) is 0 Å². The number of rotatable bonds is 1. The molecule has 2 aromatic heterocycles. The van der Waals surface area contributed by atoms with E-state index in [9.17, 15) is 0 Å². The molecule has 0 aliphatic rings. The molecular formula is C13H13N5. The Bertz CT molecular complexity index is 715. The van der Waals surface area contributed by atoms with Crippen LogP contribution in [-0.4, -0.2) is 14.5 Å². The maximum absolute atomic E-state index is 6.02. The lowest BCUT2D eigenvalue weighted by atomic mass is 10.3. The number of aryl methyl sites for hydroxylation is 1. The van der Waals surface area contributed by atoms with Crippen LogP contribution in [0.4, 0.5) is 11.5 Å². The van der Waals surface area contributed by atoms with E-state index in [4.69, 9.17) is 11.5 Å². The van der Waals surface area contributed by atoms with Crippen LogP contribution in [0.5, 0.6) is 0 Å². The highest BCUT2D eigenvalue weighted by Gasteiger charge is 2.14. The first-order valence-electron chi connectivity index (χ1n) is 5.63. The van der Waals surface area contributed by atoms with Gasteiger partial charge < -0.3 is 11.5 Å². The number of benzene rings is 1. The molecule has 5 heteroatoms. The highest BCUT2D eigenvalue weighted by atomic mass is 15.1. The summed E-state index contributed by atoms with van der Waals surface area (Å²) in [7, 11) is 0. The third-order valence-electron chi connectivity index (χ3n) is 2.94. The van der Waals surface area contributed by atoms with E-state index >= 15 is 0 Å². The number of aromatic nitrogens is 3. The van der Waals surface area contributed by atoms with Crippen molar-refractivity contribution < 1.29 is 0 Å². The van der Waals surface area contributed by atoms with Gasteiger partial charge in [0, 0.05) is 5.69 Å². The van der Waals surface area contributed by atoms with Crippen LogP contribution in [0.15, 0.2) is 36.5 Å². The van der Waals surface area contributed by atoms with E-state index in [1.54, 1.807) is 6.20 Å². The minimum absolute atomic E-state index is 0.333. The van der Waals surface area contributed by atoms with Crippen LogP contribution in [0.25, 0.3) is 16.7 Å². The molecule has 2 heterocycles. The summed E-state index contributed by atoms with van der Waals surface area (Å²) < 4.78 is 1.99. The molecule has 5 nitrogen and oxygen atoms in total. The second kappa shape index (κ2) is 3.73. The molecule has 18 heavy (non-hydrogen) atoms. The van der Waals surface area contributed by atoms with E-state index in [1.165, 1.54) is 0 Å². The molecule has 1 aromatic carbocycles. The summed E-state index contributed by atoms with van der Waals surface area (Å²) in [6, 6.07) is 9.92. The SMILES string of the molecule is Cc1nc2cnc(N)c(N)c2n1-c1ccccc1. The zero-order valence-corrected chi connectivity index (χ0v) is 9.96. The molecule has 0 fully saturated rings. The van der Waals surface area contributed by atoms with Crippen LogP contribution < -0.4 is 11.5 Å². The van der Waals surface area contributed by atoms with E-state index in [2.05, 4.69) is 9.97 Å². The van der Waals surface area contributed by atoms with Crippen LogP contribution in [0.2, 0.25) is 0 Å². The van der Waals surface area contributed by atoms with Crippen molar-refractivity contribution in [3.05, 3.63) is 42.4 Å². The number of nitrogen functional groups attached to an aromatic ring is 2. The lowest BCUT2D eigenvalue weighted by molar-refractivity contribution is 1.00. The highest BCUT2D eigenvalue weighted by Crippen LogP contribution is 2.28. The Morgan fingerprint density at radius 1 is 1.11 bits per heavy atom. The smallest absolute Gasteiger partial charge is 0.148 e. The average molecular weight is 239 g/mol. The van der Waals surface area contributed by atoms with Crippen molar-refractivity contribution in [3.8, 4) is 5.69 Å². The van der Waals surface area contributed by atoms with E-state index in [1.807, 2.05) is 41.8 Å². The van der Waals surface area contributed by atoms with Gasteiger partial charge in [-0.2, -0.15) is 0 Å². The Kier molecular flexibility index (Phi) is 2.19. The lowest BCUT2D eigenvalue weighted by Crippen LogP contribution is -2.02. The molecular weight excluding hydrogens is 226 g/mol. The third kappa shape index (κ3) is 1.41. The third-order valence-corrected chi connectivity index (χ3v) is 2.94. The number of pyridine rings is 1. The molecule has 0 unspecified atom stereocenters. The maximum Gasteiger partial charge on any atom is 0.148 e. The van der Waals surface area contributed by atoms with Gasteiger partial charge in [-0.3, -0.25) is 4.57 Å². The van der Waals surface area contributed by atoms with Crippen molar-refractivity contribution in [2.75, 3.05) is 11.5 Å². The fourth-order valence-electron chi connectivity index (χ4n) is 2.12. The molecule has 0 aliphatic carbocycles. The molecule has 0 bridgehead atoms. The highest BCUT2D eigenvalue weighted by molar-refractivity contribution is 5.93. The zero-order valence-electron chi connectivity index (χ0n) is 9.96. The maximum atomic E-state index is 6.02. The topological polar surface area (TPSA) is 82.8 Å². The van der Waals surface area contributed by atoms with E-state index in [0.717, 1.165) is 22.5 Å². The molecule has 4 N–H and O–H groups in total. The number of para-hydroxylation sites is 1. The molecule has 0 amide bonds. The van der Waals surface area contributed by atoms with Crippen LogP contribution in [0.3, 0.4) is 0 Å². The van der Waals surface area contributed by atoms with Gasteiger partial charge in [0.25, 0.3) is 0 Å². The second-order valence-electron chi connectivity index (χ2n) is 4.12. The predicted octanol–water partition coefficient (Wildman–Crippen LogP) is 1.89. The van der Waals surface area contributed by atoms with Gasteiger partial charge in [-0.1, -0.05) is 18.2 Å². The standard InChI is InChI=1S/C13H13N5/c1-8-17-10-7-16-13(15)11(14)12(10)18(8)9-5-3-2-4-6-9/h2-7H,14H2,1H3,(H2,15,16). The van der Waals surface area contributed by atoms with Gasteiger partial charge >= 0.3 is 0 Å². The molecule has 0 saturated heterocycles. The number of hydrogen-bond donors (Lipinski definition) is 2. The molecule has 0 aliphatic heterocycles. The zero-order chi connectivity index (χ0) is 12.7. The van der Waals surface area contributed by atoms with Crippen LogP contribution >= 0.6 is 0 Å². The summed E-state index contributed by atoms with van der Waals surface area (Å²) in [4.78, 5) is 8.49. The van der Waals surface area contributed by atoms with E-state index in [0.29, 0.717) is 11.5 Å². The number of anilines is 2. The first kappa shape index (κ1) is 10.6. The summed E-state index contributed by atoms with van der Waals surface area (Å²) >= 11 is 0. The van der Waals surface area contributed by atoms with Crippen LogP contribution in [-0.2, 0) is 0 Å². The van der Waals surface area contributed by atoms with Crippen molar-refractivity contribution in [2.45, 2.75) is 6.92 Å². The second-order valence-corrected chi connectivity index (χ2v) is 4.12. The molecule has 3 rings (SSSR count). The Balaban J connectivity index is 2.42. The minimum atomic E-state index is 0.333. The quantitative estimate of drug-likeness (QED) is 0.679. The monoisotopic (exact) mass is 239 g/mol. The first-order chi connectivity index (χ1) is 8.68. The van der Waals surface area contributed by atoms with Crippen molar-refractivity contribution in [3.63, 3.8) is 0 Å². The molecule has 0 radical (unpaired) electrons. The van der Waals surface area contributed by atoms with Gasteiger partial charge in [-0.15, -0.1) is 0 Å². The Morgan fingerprint density at radius 2 is 1.83 bits per heavy atom. The average Bonchev–Trinajstić information content (AvgIpc) is 2.72. The van der Waals surface area contributed by atoms with E-state index in [-0.39, 0.29) is 0 Å². The molecule has 0 saturated carbocycles. The molecule has 90 valence electrons. The number of nitrogens with two attached hydrogens (primary N) is 2. The fraction of sp³-hybridized carbons (Fsp3) is 0.0769. The van der Waals surface area contributed by atoms with Crippen molar-refractivity contribution in [1.82, 2.24) is 14.5 Å². The van der Waals surface area contributed by atoms with E-state index < -0.39 is 0 Å². The van der Waals surface area contributed by atoms with Gasteiger partial charge in [0.2, 0.25) is 0 Å². The molecule has 3 aromatic rings. The largest absolute Gasteiger partial charge is 0.394 e. The number of hydrogen-bond acceptors (Lipinski definition) is 4. The van der Waals surface area contributed by atoms with Crippen LogP contribution in [0, 0.1) is 6.92 Å². The number of fused-ring (bicyclic) bond motifs is 1. The first-order valence-corrected chi connectivity index (χ1v) is 5.63. The summed E-state index contributed by atoms with van der Waals surface area (Å²) in [5.41, 5.74) is 14.8. The minimum Gasteiger partial charge on any atom is -0.394 e. The van der Waals surface area contributed by atoms with Crippen molar-refractivity contribution in [1.29, 1.82) is 0 Å². The van der Waals surface area contributed by atoms with Gasteiger partial charge in [-0.25, -0.2) is 9.97 Å². The summed E-state index contributed by atoms with van der Waals surface area (Å²) in [6.07, 6.45) is 1.65. The molecule has 0 spiro atoms. The number of imidazole rings is 1. The number of nitrogens with zero attached hydrogens (tertiary/aromatic N) is 3. The molecule has 0 atom stereocenters. The van der Waals surface area contributed by atoms with Gasteiger partial charge in [0.1, 0.15) is 28.4 Å². The normalized spacial score (nSPS) is 10.9. The van der Waals surface area contributed by atoms with Gasteiger partial charge in [0.05, 0.1) is 6.20 Å². The summed E-state index contributed by atoms with van der Waals surface area (Å²) in [5.74, 6) is 1.19. The Labute approximate surface area is 104 Å². The lowest BCUT2D eigenvalue weighted by Gasteiger charge is -2.08. The Hall–Kier alpha value is -2.56.